The van der Waals surface area contributed by atoms with Crippen molar-refractivity contribution in [3.8, 4) is 0 Å². The van der Waals surface area contributed by atoms with Gasteiger partial charge in [-0.2, -0.15) is 0 Å². The predicted molar refractivity (Wildman–Crippen MR) is 68.0 cm³/mol. The molecule has 1 aliphatic rings. The van der Waals surface area contributed by atoms with E-state index in [0.717, 1.165) is 36.7 Å². The number of hydrogen-bond donors (Lipinski definition) is 1. The molecule has 94 valence electrons. The monoisotopic (exact) mass is 243 g/mol. The van der Waals surface area contributed by atoms with Gasteiger partial charge in [-0.3, -0.25) is 0 Å². The SMILES string of the molecule is Cc1nccc(CNC2CCCc3occc32)n1. The molecule has 0 spiro atoms. The fourth-order valence-corrected chi connectivity index (χ4v) is 2.53. The van der Waals surface area contributed by atoms with Crippen molar-refractivity contribution in [2.75, 3.05) is 0 Å². The molecule has 2 aromatic heterocycles. The second-order valence-corrected chi connectivity index (χ2v) is 4.72. The van der Waals surface area contributed by atoms with Crippen LogP contribution in [0.3, 0.4) is 0 Å². The third-order valence-electron chi connectivity index (χ3n) is 3.42. The van der Waals surface area contributed by atoms with Gasteiger partial charge in [-0.25, -0.2) is 9.97 Å². The molecule has 4 nitrogen and oxygen atoms in total. The molecule has 2 heterocycles. The van der Waals surface area contributed by atoms with Gasteiger partial charge in [0.25, 0.3) is 0 Å². The number of aryl methyl sites for hydroxylation is 2. The largest absolute Gasteiger partial charge is 0.469 e. The maximum absolute atomic E-state index is 5.49. The summed E-state index contributed by atoms with van der Waals surface area (Å²) in [6, 6.07) is 4.43. The van der Waals surface area contributed by atoms with Gasteiger partial charge in [-0.15, -0.1) is 0 Å². The van der Waals surface area contributed by atoms with E-state index in [2.05, 4.69) is 21.4 Å². The van der Waals surface area contributed by atoms with Crippen molar-refractivity contribution in [3.05, 3.63) is 47.4 Å². The highest BCUT2D eigenvalue weighted by Gasteiger charge is 2.21. The highest BCUT2D eigenvalue weighted by Crippen LogP contribution is 2.30. The average Bonchev–Trinajstić information content (AvgIpc) is 2.85. The third kappa shape index (κ3) is 2.29. The number of furan rings is 1. The van der Waals surface area contributed by atoms with E-state index in [1.54, 1.807) is 6.26 Å². The molecule has 0 bridgehead atoms. The van der Waals surface area contributed by atoms with Gasteiger partial charge < -0.3 is 9.73 Å². The number of hydrogen-bond acceptors (Lipinski definition) is 4. The second kappa shape index (κ2) is 4.90. The van der Waals surface area contributed by atoms with Crippen LogP contribution in [0.15, 0.2) is 29.0 Å². The van der Waals surface area contributed by atoms with E-state index >= 15 is 0 Å². The zero-order valence-corrected chi connectivity index (χ0v) is 10.5. The summed E-state index contributed by atoms with van der Waals surface area (Å²) in [5.74, 6) is 1.96. The molecule has 1 N–H and O–H groups in total. The minimum absolute atomic E-state index is 0.391. The highest BCUT2D eigenvalue weighted by molar-refractivity contribution is 5.24. The molecule has 0 saturated heterocycles. The van der Waals surface area contributed by atoms with Crippen LogP contribution in [0.2, 0.25) is 0 Å². The van der Waals surface area contributed by atoms with Crippen LogP contribution < -0.4 is 5.32 Å². The summed E-state index contributed by atoms with van der Waals surface area (Å²) in [7, 11) is 0. The van der Waals surface area contributed by atoms with Crippen LogP contribution in [-0.2, 0) is 13.0 Å². The van der Waals surface area contributed by atoms with Crippen LogP contribution in [0.25, 0.3) is 0 Å². The Morgan fingerprint density at radius 3 is 3.28 bits per heavy atom. The molecule has 0 aromatic carbocycles. The van der Waals surface area contributed by atoms with E-state index in [9.17, 15) is 0 Å². The summed E-state index contributed by atoms with van der Waals surface area (Å²) in [6.45, 7) is 2.69. The van der Waals surface area contributed by atoms with E-state index in [1.807, 2.05) is 19.2 Å². The van der Waals surface area contributed by atoms with Crippen LogP contribution in [0.1, 0.15) is 41.7 Å². The highest BCUT2D eigenvalue weighted by atomic mass is 16.3. The van der Waals surface area contributed by atoms with Crippen molar-refractivity contribution in [1.82, 2.24) is 15.3 Å². The summed E-state index contributed by atoms with van der Waals surface area (Å²) in [5, 5.41) is 3.56. The molecule has 0 saturated carbocycles. The van der Waals surface area contributed by atoms with Crippen LogP contribution in [-0.4, -0.2) is 9.97 Å². The second-order valence-electron chi connectivity index (χ2n) is 4.72. The molecule has 0 aliphatic heterocycles. The van der Waals surface area contributed by atoms with Crippen molar-refractivity contribution in [1.29, 1.82) is 0 Å². The first-order valence-electron chi connectivity index (χ1n) is 6.41. The van der Waals surface area contributed by atoms with Gasteiger partial charge in [0.1, 0.15) is 11.6 Å². The van der Waals surface area contributed by atoms with E-state index < -0.39 is 0 Å². The first-order valence-corrected chi connectivity index (χ1v) is 6.41. The Labute approximate surface area is 106 Å². The predicted octanol–water partition coefficient (Wildman–Crippen LogP) is 2.55. The Morgan fingerprint density at radius 1 is 1.44 bits per heavy atom. The lowest BCUT2D eigenvalue weighted by Gasteiger charge is -2.22. The van der Waals surface area contributed by atoms with Crippen molar-refractivity contribution >= 4 is 0 Å². The standard InChI is InChI=1S/C14H17N3O/c1-10-15-7-5-11(17-10)9-16-13-3-2-4-14-12(13)6-8-18-14/h5-8,13,16H,2-4,9H2,1H3. The Hall–Kier alpha value is -1.68. The van der Waals surface area contributed by atoms with Crippen molar-refractivity contribution in [3.63, 3.8) is 0 Å². The Balaban J connectivity index is 1.68. The number of nitrogens with one attached hydrogen (secondary N) is 1. The molecule has 3 rings (SSSR count). The quantitative estimate of drug-likeness (QED) is 0.900. The lowest BCUT2D eigenvalue weighted by molar-refractivity contribution is 0.409. The van der Waals surface area contributed by atoms with Gasteiger partial charge in [0, 0.05) is 30.8 Å². The minimum atomic E-state index is 0.391. The van der Waals surface area contributed by atoms with Crippen LogP contribution in [0.5, 0.6) is 0 Å². The molecule has 1 aliphatic carbocycles. The summed E-state index contributed by atoms with van der Waals surface area (Å²) in [6.07, 6.45) is 7.01. The van der Waals surface area contributed by atoms with Crippen LogP contribution >= 0.6 is 0 Å². The van der Waals surface area contributed by atoms with Gasteiger partial charge in [0.15, 0.2) is 0 Å². The van der Waals surface area contributed by atoms with E-state index in [1.165, 1.54) is 12.0 Å². The molecular weight excluding hydrogens is 226 g/mol. The van der Waals surface area contributed by atoms with Gasteiger partial charge in [-0.1, -0.05) is 0 Å². The Bertz CT molecular complexity index is 535. The molecule has 4 heteroatoms. The maximum atomic E-state index is 5.49. The fourth-order valence-electron chi connectivity index (χ4n) is 2.53. The van der Waals surface area contributed by atoms with Crippen molar-refractivity contribution in [2.45, 2.75) is 38.8 Å². The number of aromatic nitrogens is 2. The van der Waals surface area contributed by atoms with Crippen LogP contribution in [0.4, 0.5) is 0 Å². The van der Waals surface area contributed by atoms with Gasteiger partial charge in [-0.05, 0) is 31.9 Å². The zero-order valence-electron chi connectivity index (χ0n) is 10.5. The number of nitrogens with zero attached hydrogens (tertiary/aromatic N) is 2. The average molecular weight is 243 g/mol. The Morgan fingerprint density at radius 2 is 2.39 bits per heavy atom. The molecule has 0 fully saturated rings. The smallest absolute Gasteiger partial charge is 0.125 e. The van der Waals surface area contributed by atoms with Crippen LogP contribution in [0, 0.1) is 6.92 Å². The minimum Gasteiger partial charge on any atom is -0.469 e. The maximum Gasteiger partial charge on any atom is 0.125 e. The third-order valence-corrected chi connectivity index (χ3v) is 3.42. The fraction of sp³-hybridized carbons (Fsp3) is 0.429. The van der Waals surface area contributed by atoms with E-state index in [0.29, 0.717) is 6.04 Å². The lowest BCUT2D eigenvalue weighted by Crippen LogP contribution is -2.24. The molecule has 2 aromatic rings. The van der Waals surface area contributed by atoms with E-state index in [4.69, 9.17) is 4.42 Å². The molecule has 0 radical (unpaired) electrons. The normalized spacial score (nSPS) is 18.6. The van der Waals surface area contributed by atoms with Crippen molar-refractivity contribution < 1.29 is 4.42 Å². The summed E-state index contributed by atoms with van der Waals surface area (Å²) in [5.41, 5.74) is 2.35. The zero-order chi connectivity index (χ0) is 12.4. The summed E-state index contributed by atoms with van der Waals surface area (Å²) < 4.78 is 5.49. The molecule has 1 unspecified atom stereocenters. The van der Waals surface area contributed by atoms with E-state index in [-0.39, 0.29) is 0 Å². The first-order chi connectivity index (χ1) is 8.83. The van der Waals surface area contributed by atoms with Gasteiger partial charge >= 0.3 is 0 Å². The molecular formula is C14H17N3O. The summed E-state index contributed by atoms with van der Waals surface area (Å²) >= 11 is 0. The van der Waals surface area contributed by atoms with Gasteiger partial charge in [0.2, 0.25) is 0 Å². The van der Waals surface area contributed by atoms with Crippen molar-refractivity contribution in [2.24, 2.45) is 0 Å². The summed E-state index contributed by atoms with van der Waals surface area (Å²) in [4.78, 5) is 8.51. The number of fused-ring (bicyclic) bond motifs is 1. The molecule has 0 amide bonds. The Kier molecular flexibility index (Phi) is 3.11. The topological polar surface area (TPSA) is 51.0 Å². The lowest BCUT2D eigenvalue weighted by atomic mass is 9.93. The van der Waals surface area contributed by atoms with Gasteiger partial charge in [0.05, 0.1) is 12.0 Å². The molecule has 18 heavy (non-hydrogen) atoms. The first kappa shape index (κ1) is 11.4. The molecule has 1 atom stereocenters. The number of rotatable bonds is 3.